The Morgan fingerprint density at radius 2 is 2.38 bits per heavy atom. The Balaban J connectivity index is 3.04. The van der Waals surface area contributed by atoms with Crippen LogP contribution in [0.5, 0.6) is 0 Å². The normalized spacial score (nSPS) is 10.2. The lowest BCUT2D eigenvalue weighted by Crippen LogP contribution is -2.30. The van der Waals surface area contributed by atoms with Crippen LogP contribution in [0, 0.1) is 0 Å². The number of hydrogen-bond acceptors (Lipinski definition) is 3. The van der Waals surface area contributed by atoms with Crippen LogP contribution in [0.3, 0.4) is 0 Å². The van der Waals surface area contributed by atoms with Gasteiger partial charge in [0.2, 0.25) is 0 Å². The molecule has 4 heteroatoms. The van der Waals surface area contributed by atoms with E-state index >= 15 is 0 Å². The lowest BCUT2D eigenvalue weighted by Gasteiger charge is -2.27. The van der Waals surface area contributed by atoms with Crippen molar-refractivity contribution in [3.8, 4) is 0 Å². The number of anilines is 1. The van der Waals surface area contributed by atoms with Crippen LogP contribution in [-0.4, -0.2) is 28.6 Å². The van der Waals surface area contributed by atoms with Crippen LogP contribution < -0.4 is 4.90 Å². The Morgan fingerprint density at radius 1 is 1.69 bits per heavy atom. The topological polar surface area (TPSA) is 53.4 Å². The van der Waals surface area contributed by atoms with E-state index in [1.807, 2.05) is 13.8 Å². The molecule has 0 saturated carbocycles. The predicted octanol–water partition coefficient (Wildman–Crippen LogP) is 2.18. The van der Waals surface area contributed by atoms with E-state index in [0.29, 0.717) is 6.54 Å². The summed E-state index contributed by atoms with van der Waals surface area (Å²) in [6, 6.07) is 3.66. The fourth-order valence-electron chi connectivity index (χ4n) is 1.47. The van der Waals surface area contributed by atoms with Gasteiger partial charge in [-0.2, -0.15) is 0 Å². The molecule has 1 aromatic heterocycles. The van der Waals surface area contributed by atoms with Crippen molar-refractivity contribution in [2.24, 2.45) is 0 Å². The Kier molecular flexibility index (Phi) is 4.05. The van der Waals surface area contributed by atoms with E-state index in [9.17, 15) is 4.79 Å². The summed E-state index contributed by atoms with van der Waals surface area (Å²) in [4.78, 5) is 16.6. The summed E-state index contributed by atoms with van der Waals surface area (Å²) in [5.74, 6) is -1.01. The maximum absolute atomic E-state index is 10.8. The maximum Gasteiger partial charge on any atom is 0.354 e. The van der Waals surface area contributed by atoms with Crippen molar-refractivity contribution in [2.75, 3.05) is 11.4 Å². The Labute approximate surface area is 95.2 Å². The molecule has 86 valence electrons. The van der Waals surface area contributed by atoms with E-state index in [1.165, 1.54) is 6.20 Å². The number of carboxylic acid groups (broad SMARTS) is 1. The van der Waals surface area contributed by atoms with Gasteiger partial charge in [0.05, 0.1) is 0 Å². The number of rotatable bonds is 5. The lowest BCUT2D eigenvalue weighted by molar-refractivity contribution is 0.0690. The standard InChI is InChI=1S/C12H16N2O2/c1-4-7-14(9(2)3)10-5-6-13-11(8-10)12(15)16/h4-6,8-9H,1,7H2,2-3H3,(H,15,16). The maximum atomic E-state index is 10.8. The fourth-order valence-corrected chi connectivity index (χ4v) is 1.47. The largest absolute Gasteiger partial charge is 0.477 e. The SMILES string of the molecule is C=CCN(c1ccnc(C(=O)O)c1)C(C)C. The van der Waals surface area contributed by atoms with E-state index in [1.54, 1.807) is 18.2 Å². The van der Waals surface area contributed by atoms with E-state index in [2.05, 4.69) is 16.5 Å². The molecular formula is C12H16N2O2. The van der Waals surface area contributed by atoms with Crippen LogP contribution in [0.25, 0.3) is 0 Å². The zero-order valence-corrected chi connectivity index (χ0v) is 9.55. The smallest absolute Gasteiger partial charge is 0.354 e. The molecule has 0 amide bonds. The molecule has 16 heavy (non-hydrogen) atoms. The Bertz CT molecular complexity index is 388. The number of aromatic nitrogens is 1. The van der Waals surface area contributed by atoms with E-state index in [-0.39, 0.29) is 11.7 Å². The molecule has 4 nitrogen and oxygen atoms in total. The highest BCUT2D eigenvalue weighted by Crippen LogP contribution is 2.17. The molecule has 1 heterocycles. The quantitative estimate of drug-likeness (QED) is 0.773. The zero-order valence-electron chi connectivity index (χ0n) is 9.55. The molecule has 0 atom stereocenters. The van der Waals surface area contributed by atoms with Gasteiger partial charge in [0, 0.05) is 24.5 Å². The first kappa shape index (κ1) is 12.2. The van der Waals surface area contributed by atoms with Crippen molar-refractivity contribution in [2.45, 2.75) is 19.9 Å². The number of pyridine rings is 1. The first-order valence-electron chi connectivity index (χ1n) is 5.13. The number of hydrogen-bond donors (Lipinski definition) is 1. The van der Waals surface area contributed by atoms with Gasteiger partial charge >= 0.3 is 5.97 Å². The molecule has 1 aromatic rings. The van der Waals surface area contributed by atoms with Crippen LogP contribution in [0.2, 0.25) is 0 Å². The number of aromatic carboxylic acids is 1. The molecule has 0 unspecified atom stereocenters. The summed E-state index contributed by atoms with van der Waals surface area (Å²) in [7, 11) is 0. The van der Waals surface area contributed by atoms with Crippen molar-refractivity contribution >= 4 is 11.7 Å². The average molecular weight is 220 g/mol. The summed E-state index contributed by atoms with van der Waals surface area (Å²) in [6.45, 7) is 8.47. The summed E-state index contributed by atoms with van der Waals surface area (Å²) in [5, 5.41) is 8.86. The van der Waals surface area contributed by atoms with Gasteiger partial charge in [-0.3, -0.25) is 0 Å². The summed E-state index contributed by atoms with van der Waals surface area (Å²) in [5.41, 5.74) is 0.912. The van der Waals surface area contributed by atoms with Gasteiger partial charge in [0.25, 0.3) is 0 Å². The van der Waals surface area contributed by atoms with Gasteiger partial charge in [0.15, 0.2) is 0 Å². The number of nitrogens with zero attached hydrogens (tertiary/aromatic N) is 2. The van der Waals surface area contributed by atoms with Crippen molar-refractivity contribution in [3.63, 3.8) is 0 Å². The second kappa shape index (κ2) is 5.30. The third-order valence-electron chi connectivity index (χ3n) is 2.24. The molecule has 0 saturated heterocycles. The van der Waals surface area contributed by atoms with Gasteiger partial charge in [-0.1, -0.05) is 6.08 Å². The first-order chi connectivity index (χ1) is 7.56. The summed E-state index contributed by atoms with van der Waals surface area (Å²) >= 11 is 0. The van der Waals surface area contributed by atoms with Gasteiger partial charge in [0.1, 0.15) is 5.69 Å². The van der Waals surface area contributed by atoms with Crippen molar-refractivity contribution < 1.29 is 9.90 Å². The van der Waals surface area contributed by atoms with Crippen LogP contribution in [0.4, 0.5) is 5.69 Å². The number of carboxylic acids is 1. The number of carbonyl (C=O) groups is 1. The second-order valence-corrected chi connectivity index (χ2v) is 3.74. The van der Waals surface area contributed by atoms with E-state index in [4.69, 9.17) is 5.11 Å². The van der Waals surface area contributed by atoms with Gasteiger partial charge in [-0.05, 0) is 26.0 Å². The summed E-state index contributed by atoms with van der Waals surface area (Å²) in [6.07, 6.45) is 3.30. The molecule has 0 fully saturated rings. The highest BCUT2D eigenvalue weighted by atomic mass is 16.4. The summed E-state index contributed by atoms with van der Waals surface area (Å²) < 4.78 is 0. The van der Waals surface area contributed by atoms with Crippen LogP contribution >= 0.6 is 0 Å². The molecule has 0 aliphatic carbocycles. The highest BCUT2D eigenvalue weighted by molar-refractivity contribution is 5.86. The lowest BCUT2D eigenvalue weighted by atomic mass is 10.2. The van der Waals surface area contributed by atoms with E-state index in [0.717, 1.165) is 5.69 Å². The monoisotopic (exact) mass is 220 g/mol. The third-order valence-corrected chi connectivity index (χ3v) is 2.24. The third kappa shape index (κ3) is 2.82. The van der Waals surface area contributed by atoms with Crippen molar-refractivity contribution in [3.05, 3.63) is 36.7 Å². The molecule has 0 spiro atoms. The molecular weight excluding hydrogens is 204 g/mol. The highest BCUT2D eigenvalue weighted by Gasteiger charge is 2.11. The van der Waals surface area contributed by atoms with E-state index < -0.39 is 5.97 Å². The van der Waals surface area contributed by atoms with Crippen LogP contribution in [0.15, 0.2) is 31.0 Å². The molecule has 1 rings (SSSR count). The predicted molar refractivity (Wildman–Crippen MR) is 63.9 cm³/mol. The van der Waals surface area contributed by atoms with Crippen molar-refractivity contribution in [1.29, 1.82) is 0 Å². The van der Waals surface area contributed by atoms with Crippen molar-refractivity contribution in [1.82, 2.24) is 4.98 Å². The first-order valence-corrected chi connectivity index (χ1v) is 5.13. The molecule has 0 bridgehead atoms. The molecule has 0 aromatic carbocycles. The van der Waals surface area contributed by atoms with Gasteiger partial charge in [-0.15, -0.1) is 6.58 Å². The Hall–Kier alpha value is -1.84. The molecule has 0 aliphatic rings. The minimum Gasteiger partial charge on any atom is -0.477 e. The average Bonchev–Trinajstić information content (AvgIpc) is 2.25. The fraction of sp³-hybridized carbons (Fsp3) is 0.333. The zero-order chi connectivity index (χ0) is 12.1. The van der Waals surface area contributed by atoms with Gasteiger partial charge < -0.3 is 10.0 Å². The molecule has 0 radical (unpaired) electrons. The molecule has 1 N–H and O–H groups in total. The van der Waals surface area contributed by atoms with Crippen LogP contribution in [-0.2, 0) is 0 Å². The minimum absolute atomic E-state index is 0.0622. The Morgan fingerprint density at radius 3 is 2.88 bits per heavy atom. The second-order valence-electron chi connectivity index (χ2n) is 3.74. The minimum atomic E-state index is -1.01. The van der Waals surface area contributed by atoms with Gasteiger partial charge in [-0.25, -0.2) is 9.78 Å². The van der Waals surface area contributed by atoms with Crippen LogP contribution in [0.1, 0.15) is 24.3 Å². The molecule has 0 aliphatic heterocycles.